The fourth-order valence-corrected chi connectivity index (χ4v) is 4.42. The second-order valence-electron chi connectivity index (χ2n) is 8.77. The van der Waals surface area contributed by atoms with Crippen LogP contribution in [0.5, 0.6) is 0 Å². The minimum absolute atomic E-state index is 0.00784. The zero-order valence-electron chi connectivity index (χ0n) is 17.2. The Morgan fingerprint density at radius 2 is 2.10 bits per heavy atom. The fraction of sp³-hybridized carbons (Fsp3) is 0.611. The summed E-state index contributed by atoms with van der Waals surface area (Å²) in [6.07, 6.45) is -2.54. The number of rotatable bonds is 5. The third kappa shape index (κ3) is 3.45. The first kappa shape index (κ1) is 21.7. The van der Waals surface area contributed by atoms with Crippen molar-refractivity contribution in [2.75, 3.05) is 12.3 Å². The molecule has 29 heavy (non-hydrogen) atoms. The average Bonchev–Trinajstić information content (AvgIpc) is 3.14. The summed E-state index contributed by atoms with van der Waals surface area (Å²) in [6, 6.07) is 0. The number of fused-ring (bicyclic) bond motifs is 1. The maximum atomic E-state index is 15.7. The number of anilines is 1. The number of aliphatic hydroxyl groups is 1. The van der Waals surface area contributed by atoms with E-state index in [0.29, 0.717) is 0 Å². The highest BCUT2D eigenvalue weighted by atomic mass is 28.4. The number of aromatic nitrogens is 4. The van der Waals surface area contributed by atoms with Crippen molar-refractivity contribution in [3.05, 3.63) is 25.1 Å². The number of nitrogens with zero attached hydrogens (tertiary/aromatic N) is 4. The summed E-state index contributed by atoms with van der Waals surface area (Å²) in [5.74, 6) is -0.161. The first-order chi connectivity index (χ1) is 13.4. The topological polar surface area (TPSA) is 108 Å². The van der Waals surface area contributed by atoms with Crippen molar-refractivity contribution in [1.29, 1.82) is 0 Å². The second kappa shape index (κ2) is 7.08. The number of imidazole rings is 1. The van der Waals surface area contributed by atoms with Gasteiger partial charge in [-0.2, -0.15) is 14.4 Å². The molecule has 1 fully saturated rings. The molecule has 2 aromatic rings. The molecule has 0 aliphatic carbocycles. The van der Waals surface area contributed by atoms with Gasteiger partial charge in [-0.15, -0.1) is 6.58 Å². The van der Waals surface area contributed by atoms with Gasteiger partial charge in [0.05, 0.1) is 12.9 Å². The molecule has 0 amide bonds. The minimum atomic E-state index is -2.43. The molecule has 0 radical (unpaired) electrons. The Hall–Kier alpha value is -1.95. The quantitative estimate of drug-likeness (QED) is 0.429. The van der Waals surface area contributed by atoms with Crippen molar-refractivity contribution in [1.82, 2.24) is 19.5 Å². The van der Waals surface area contributed by atoms with Gasteiger partial charge in [-0.3, -0.25) is 4.57 Å². The number of hydrogen-bond donors (Lipinski definition) is 2. The third-order valence-electron chi connectivity index (χ3n) is 5.90. The molecular weight excluding hydrogens is 400 g/mol. The van der Waals surface area contributed by atoms with Crippen LogP contribution in [0.25, 0.3) is 11.2 Å². The average molecular weight is 428 g/mol. The molecule has 1 unspecified atom stereocenters. The zero-order valence-corrected chi connectivity index (χ0v) is 18.2. The van der Waals surface area contributed by atoms with Crippen molar-refractivity contribution in [2.45, 2.75) is 63.0 Å². The van der Waals surface area contributed by atoms with Gasteiger partial charge in [0, 0.05) is 0 Å². The highest BCUT2D eigenvalue weighted by molar-refractivity contribution is 6.74. The molecule has 0 saturated carbocycles. The number of ether oxygens (including phenoxy) is 1. The van der Waals surface area contributed by atoms with Crippen molar-refractivity contribution in [3.8, 4) is 0 Å². The Morgan fingerprint density at radius 1 is 1.45 bits per heavy atom. The van der Waals surface area contributed by atoms with Crippen LogP contribution in [-0.4, -0.2) is 57.4 Å². The van der Waals surface area contributed by atoms with Crippen LogP contribution in [0, 0.1) is 6.08 Å². The molecule has 0 bridgehead atoms. The number of nitrogen functional groups attached to an aromatic ring is 1. The molecule has 11 heteroatoms. The van der Waals surface area contributed by atoms with Crippen LogP contribution in [0.3, 0.4) is 0 Å². The Balaban J connectivity index is 2.07. The molecule has 160 valence electrons. The molecule has 1 aliphatic heterocycles. The van der Waals surface area contributed by atoms with E-state index >= 15 is 4.39 Å². The Labute approximate surface area is 168 Å². The summed E-state index contributed by atoms with van der Waals surface area (Å²) in [5.41, 5.74) is 4.33. The summed E-state index contributed by atoms with van der Waals surface area (Å²) in [5, 5.41) is 9.87. The lowest BCUT2D eigenvalue weighted by atomic mass is 9.97. The van der Waals surface area contributed by atoms with Crippen LogP contribution in [0.1, 0.15) is 27.0 Å². The lowest BCUT2D eigenvalue weighted by Crippen LogP contribution is -2.53. The van der Waals surface area contributed by atoms with E-state index in [-0.39, 0.29) is 22.0 Å². The summed E-state index contributed by atoms with van der Waals surface area (Å²) < 4.78 is 42.9. The van der Waals surface area contributed by atoms with Crippen LogP contribution in [0.4, 0.5) is 14.6 Å². The van der Waals surface area contributed by atoms with Crippen LogP contribution in [0.2, 0.25) is 18.1 Å². The Kier molecular flexibility index (Phi) is 5.31. The molecule has 3 rings (SSSR count). The number of halogens is 2. The lowest BCUT2D eigenvalue weighted by molar-refractivity contribution is -0.0938. The van der Waals surface area contributed by atoms with E-state index in [9.17, 15) is 9.50 Å². The third-order valence-corrected chi connectivity index (χ3v) is 10.4. The molecule has 4 atom stereocenters. The molecule has 1 saturated heterocycles. The highest BCUT2D eigenvalue weighted by Gasteiger charge is 2.58. The predicted octanol–water partition coefficient (Wildman–Crippen LogP) is 2.72. The Morgan fingerprint density at radius 3 is 2.66 bits per heavy atom. The van der Waals surface area contributed by atoms with E-state index in [2.05, 4.69) is 21.5 Å². The number of alkyl halides is 1. The number of hydrogen-bond acceptors (Lipinski definition) is 7. The van der Waals surface area contributed by atoms with Crippen molar-refractivity contribution >= 4 is 25.3 Å². The molecule has 2 aromatic heterocycles. The largest absolute Gasteiger partial charge is 0.407 e. The van der Waals surface area contributed by atoms with E-state index in [1.54, 1.807) is 0 Å². The summed E-state index contributed by atoms with van der Waals surface area (Å²) in [7, 11) is -2.43. The second-order valence-corrected chi connectivity index (χ2v) is 13.5. The zero-order chi connectivity index (χ0) is 21.8. The summed E-state index contributed by atoms with van der Waals surface area (Å²) in [6.45, 7) is 13.2. The maximum absolute atomic E-state index is 15.7. The van der Waals surface area contributed by atoms with Gasteiger partial charge in [0.25, 0.3) is 0 Å². The van der Waals surface area contributed by atoms with Gasteiger partial charge in [-0.25, -0.2) is 9.37 Å². The standard InChI is InChI=1S/C18H27F2N5O3Si/c1-7-18(8-26)12(28-29(5,6)17(2,3)4)10(19)15(27-18)25-9-22-11-13(21)23-16(20)24-14(11)25/h7,9-10,12,15,26H,1,8H2,2-6H3,(H2,21,23,24)/t10-,12?,15+,18+/m0/s1. The predicted molar refractivity (Wildman–Crippen MR) is 107 cm³/mol. The van der Waals surface area contributed by atoms with Gasteiger partial charge in [0.15, 0.2) is 37.7 Å². The van der Waals surface area contributed by atoms with Crippen LogP contribution in [-0.2, 0) is 9.16 Å². The van der Waals surface area contributed by atoms with Crippen LogP contribution in [0.15, 0.2) is 19.0 Å². The molecular formula is C18H27F2N5O3Si. The van der Waals surface area contributed by atoms with Crippen molar-refractivity contribution < 1.29 is 23.1 Å². The van der Waals surface area contributed by atoms with E-state index in [1.165, 1.54) is 17.0 Å². The first-order valence-electron chi connectivity index (χ1n) is 9.26. The number of nitrogens with two attached hydrogens (primary N) is 1. The number of aliphatic hydroxyl groups excluding tert-OH is 1. The summed E-state index contributed by atoms with van der Waals surface area (Å²) >= 11 is 0. The molecule has 8 nitrogen and oxygen atoms in total. The summed E-state index contributed by atoms with van der Waals surface area (Å²) in [4.78, 5) is 11.2. The van der Waals surface area contributed by atoms with Gasteiger partial charge in [0.1, 0.15) is 11.7 Å². The normalized spacial score (nSPS) is 28.2. The van der Waals surface area contributed by atoms with Crippen LogP contribution >= 0.6 is 0 Å². The van der Waals surface area contributed by atoms with Gasteiger partial charge >= 0.3 is 6.08 Å². The van der Waals surface area contributed by atoms with Gasteiger partial charge in [0.2, 0.25) is 0 Å². The smallest absolute Gasteiger partial charge is 0.312 e. The van der Waals surface area contributed by atoms with Gasteiger partial charge in [-0.1, -0.05) is 26.8 Å². The fourth-order valence-electron chi connectivity index (χ4n) is 3.10. The van der Waals surface area contributed by atoms with E-state index in [0.717, 1.165) is 0 Å². The van der Waals surface area contributed by atoms with E-state index < -0.39 is 45.1 Å². The van der Waals surface area contributed by atoms with Gasteiger partial charge in [-0.05, 0) is 18.1 Å². The molecule has 3 heterocycles. The molecule has 3 N–H and O–H groups in total. The monoisotopic (exact) mass is 427 g/mol. The first-order valence-corrected chi connectivity index (χ1v) is 12.2. The van der Waals surface area contributed by atoms with Crippen molar-refractivity contribution in [2.24, 2.45) is 0 Å². The van der Waals surface area contributed by atoms with E-state index in [4.69, 9.17) is 14.9 Å². The molecule has 0 spiro atoms. The minimum Gasteiger partial charge on any atom is -0.407 e. The van der Waals surface area contributed by atoms with Gasteiger partial charge < -0.3 is 20.0 Å². The maximum Gasteiger partial charge on any atom is 0.312 e. The molecule has 0 aromatic carbocycles. The lowest BCUT2D eigenvalue weighted by Gasteiger charge is -2.41. The van der Waals surface area contributed by atoms with Crippen molar-refractivity contribution in [3.63, 3.8) is 0 Å². The SMILES string of the molecule is C=C[C@]1(CO)O[C@@H](n2cnc3c(N)nc(F)nc32)[C@@H](F)C1O[Si](C)(C)C(C)(C)C. The molecule has 1 aliphatic rings. The van der Waals surface area contributed by atoms with E-state index in [1.807, 2.05) is 33.9 Å². The van der Waals surface area contributed by atoms with Crippen LogP contribution < -0.4 is 5.73 Å². The Bertz CT molecular complexity index is 932. The highest BCUT2D eigenvalue weighted by Crippen LogP contribution is 2.46.